The molecular weight excluding hydrogens is 506 g/mol. The molecule has 5 aliphatic rings. The van der Waals surface area contributed by atoms with Gasteiger partial charge in [0, 0.05) is 0 Å². The molecule has 0 aliphatic heterocycles. The largest absolute Gasteiger partial charge is 0.460 e. The first-order valence-corrected chi connectivity index (χ1v) is 16.3. The van der Waals surface area contributed by atoms with E-state index in [9.17, 15) is 10.0 Å². The standard InChI is InChI=1S/C37H53NO3/c1-32(2)17-19-37(31(39)41-24-25-11-9-8-10-12-25)20-18-35(6)27(28(37)23-32)13-14-30-34(5)22-26(38-40)21-33(3,4)29(34)15-16-36(30,35)7/h8-13,28-30,40H,14-24H2,1-7H3/b38-26+/t28?,29?,30?,34-,35+,36+,37-/m0/s1. The van der Waals surface area contributed by atoms with Crippen LogP contribution in [0, 0.1) is 50.2 Å². The molecule has 0 saturated heterocycles. The second kappa shape index (κ2) is 9.45. The fraction of sp³-hybridized carbons (Fsp3) is 0.730. The molecule has 4 nitrogen and oxygen atoms in total. The third-order valence-electron chi connectivity index (χ3n) is 13.9. The zero-order valence-corrected chi connectivity index (χ0v) is 26.7. The van der Waals surface area contributed by atoms with Crippen molar-refractivity contribution in [1.82, 2.24) is 0 Å². The van der Waals surface area contributed by atoms with Crippen LogP contribution in [0.1, 0.15) is 118 Å². The smallest absolute Gasteiger partial charge is 0.313 e. The summed E-state index contributed by atoms with van der Waals surface area (Å²) < 4.78 is 6.17. The first kappa shape index (κ1) is 29.0. The van der Waals surface area contributed by atoms with Gasteiger partial charge in [-0.25, -0.2) is 0 Å². The topological polar surface area (TPSA) is 58.9 Å². The molecule has 5 aliphatic carbocycles. The van der Waals surface area contributed by atoms with Gasteiger partial charge in [0.1, 0.15) is 6.61 Å². The van der Waals surface area contributed by atoms with Crippen molar-refractivity contribution in [3.8, 4) is 0 Å². The number of rotatable bonds is 3. The highest BCUT2D eigenvalue weighted by atomic mass is 16.5. The number of carbonyl (C=O) groups is 1. The quantitative estimate of drug-likeness (QED) is 0.174. The number of carbonyl (C=O) groups excluding carboxylic acids is 1. The van der Waals surface area contributed by atoms with E-state index in [1.54, 1.807) is 5.57 Å². The maximum absolute atomic E-state index is 14.2. The monoisotopic (exact) mass is 559 g/mol. The van der Waals surface area contributed by atoms with Crippen LogP contribution in [0.2, 0.25) is 0 Å². The number of fused-ring (bicyclic) bond motifs is 7. The van der Waals surface area contributed by atoms with Crippen molar-refractivity contribution < 1.29 is 14.7 Å². The fourth-order valence-electron chi connectivity index (χ4n) is 11.6. The van der Waals surface area contributed by atoms with Gasteiger partial charge in [0.25, 0.3) is 0 Å². The second-order valence-corrected chi connectivity index (χ2v) is 16.9. The molecule has 4 fully saturated rings. The molecule has 41 heavy (non-hydrogen) atoms. The molecular formula is C37H53NO3. The third-order valence-corrected chi connectivity index (χ3v) is 13.9. The van der Waals surface area contributed by atoms with Crippen LogP contribution in [0.3, 0.4) is 0 Å². The number of allylic oxidation sites excluding steroid dienone is 2. The first-order valence-electron chi connectivity index (χ1n) is 16.3. The Kier molecular flexibility index (Phi) is 6.68. The highest BCUT2D eigenvalue weighted by molar-refractivity contribution is 5.86. The van der Waals surface area contributed by atoms with Crippen LogP contribution in [0.15, 0.2) is 47.1 Å². The van der Waals surface area contributed by atoms with Gasteiger partial charge in [-0.3, -0.25) is 4.79 Å². The van der Waals surface area contributed by atoms with Gasteiger partial charge in [-0.15, -0.1) is 0 Å². The maximum Gasteiger partial charge on any atom is 0.313 e. The summed E-state index contributed by atoms with van der Waals surface area (Å²) in [6, 6.07) is 10.1. The number of ether oxygens (including phenoxy) is 1. The summed E-state index contributed by atoms with van der Waals surface area (Å²) in [5.41, 5.74) is 3.87. The van der Waals surface area contributed by atoms with Crippen molar-refractivity contribution in [2.24, 2.45) is 55.4 Å². The average Bonchev–Trinajstić information content (AvgIpc) is 2.91. The van der Waals surface area contributed by atoms with Crippen LogP contribution in [0.5, 0.6) is 0 Å². The maximum atomic E-state index is 14.2. The Morgan fingerprint density at radius 3 is 2.34 bits per heavy atom. The van der Waals surface area contributed by atoms with E-state index in [-0.39, 0.29) is 39.0 Å². The normalized spacial score (nSPS) is 43.5. The van der Waals surface area contributed by atoms with Crippen LogP contribution < -0.4 is 0 Å². The van der Waals surface area contributed by atoms with Gasteiger partial charge in [-0.1, -0.05) is 95.6 Å². The van der Waals surface area contributed by atoms with Gasteiger partial charge in [-0.05, 0) is 115 Å². The van der Waals surface area contributed by atoms with Crippen LogP contribution in [0.4, 0.5) is 0 Å². The van der Waals surface area contributed by atoms with Crippen LogP contribution in [0.25, 0.3) is 0 Å². The van der Waals surface area contributed by atoms with Crippen LogP contribution in [-0.2, 0) is 16.1 Å². The second-order valence-electron chi connectivity index (χ2n) is 16.9. The molecule has 4 heteroatoms. The SMILES string of the molecule is CC1(C)CC[C@]2(C(=O)OCc3ccccc3)CC[C@]3(C)C(=CCC4[C@@]5(C)C/C(=N/O)CC(C)(C)C5CC[C@]43C)C2C1. The number of oxime groups is 1. The lowest BCUT2D eigenvalue weighted by Gasteiger charge is -2.70. The van der Waals surface area contributed by atoms with Gasteiger partial charge in [-0.2, -0.15) is 0 Å². The van der Waals surface area contributed by atoms with Crippen molar-refractivity contribution in [1.29, 1.82) is 0 Å². The number of hydrogen-bond donors (Lipinski definition) is 1. The molecule has 1 N–H and O–H groups in total. The summed E-state index contributed by atoms with van der Waals surface area (Å²) >= 11 is 0. The van der Waals surface area contributed by atoms with Crippen LogP contribution >= 0.6 is 0 Å². The summed E-state index contributed by atoms with van der Waals surface area (Å²) in [6.07, 6.45) is 13.0. The van der Waals surface area contributed by atoms with E-state index in [4.69, 9.17) is 4.74 Å². The minimum absolute atomic E-state index is 0.0329. The van der Waals surface area contributed by atoms with Crippen molar-refractivity contribution in [3.05, 3.63) is 47.5 Å². The Balaban J connectivity index is 1.38. The van der Waals surface area contributed by atoms with Gasteiger partial charge in [0.15, 0.2) is 0 Å². The van der Waals surface area contributed by atoms with E-state index in [1.807, 2.05) is 30.3 Å². The Morgan fingerprint density at radius 1 is 0.927 bits per heavy atom. The van der Waals surface area contributed by atoms with E-state index >= 15 is 0 Å². The molecule has 224 valence electrons. The molecule has 4 saturated carbocycles. The van der Waals surface area contributed by atoms with E-state index in [2.05, 4.69) is 59.7 Å². The molecule has 0 heterocycles. The van der Waals surface area contributed by atoms with Crippen LogP contribution in [-0.4, -0.2) is 16.9 Å². The Bertz CT molecular complexity index is 1260. The molecule has 3 unspecified atom stereocenters. The van der Waals surface area contributed by atoms with Gasteiger partial charge in [0.05, 0.1) is 11.1 Å². The summed E-state index contributed by atoms with van der Waals surface area (Å²) in [7, 11) is 0. The van der Waals surface area contributed by atoms with Gasteiger partial charge < -0.3 is 9.94 Å². The summed E-state index contributed by atoms with van der Waals surface area (Å²) in [6.45, 7) is 17.6. The number of esters is 1. The molecule has 7 atom stereocenters. The number of hydrogen-bond acceptors (Lipinski definition) is 4. The van der Waals surface area contributed by atoms with E-state index in [1.165, 1.54) is 12.8 Å². The molecule has 0 spiro atoms. The average molecular weight is 560 g/mol. The van der Waals surface area contributed by atoms with Crippen molar-refractivity contribution in [2.45, 2.75) is 119 Å². The fourth-order valence-corrected chi connectivity index (χ4v) is 11.6. The van der Waals surface area contributed by atoms with E-state index in [0.29, 0.717) is 18.4 Å². The zero-order valence-electron chi connectivity index (χ0n) is 26.7. The lowest BCUT2D eigenvalue weighted by molar-refractivity contribution is -0.184. The predicted molar refractivity (Wildman–Crippen MR) is 164 cm³/mol. The van der Waals surface area contributed by atoms with Crippen molar-refractivity contribution in [2.75, 3.05) is 0 Å². The molecule has 0 amide bonds. The summed E-state index contributed by atoms with van der Waals surface area (Å²) in [5, 5.41) is 13.8. The first-order chi connectivity index (χ1) is 19.2. The van der Waals surface area contributed by atoms with Gasteiger partial charge >= 0.3 is 5.97 Å². The lowest BCUT2D eigenvalue weighted by atomic mass is 9.33. The number of benzene rings is 1. The lowest BCUT2D eigenvalue weighted by Crippen LogP contribution is -2.64. The van der Waals surface area contributed by atoms with Gasteiger partial charge in [0.2, 0.25) is 0 Å². The summed E-state index contributed by atoms with van der Waals surface area (Å²) in [4.78, 5) is 14.2. The molecule has 0 aromatic heterocycles. The minimum atomic E-state index is -0.413. The number of nitrogens with zero attached hydrogens (tertiary/aromatic N) is 1. The highest BCUT2D eigenvalue weighted by Gasteiger charge is 2.69. The Morgan fingerprint density at radius 2 is 1.63 bits per heavy atom. The summed E-state index contributed by atoms with van der Waals surface area (Å²) in [5.74, 6) is 1.44. The Labute approximate surface area is 248 Å². The minimum Gasteiger partial charge on any atom is -0.460 e. The third kappa shape index (κ3) is 4.20. The molecule has 1 aromatic carbocycles. The van der Waals surface area contributed by atoms with Crippen molar-refractivity contribution >= 4 is 11.7 Å². The highest BCUT2D eigenvalue weighted by Crippen LogP contribution is 2.75. The predicted octanol–water partition coefficient (Wildman–Crippen LogP) is 9.36. The Hall–Kier alpha value is -2.10. The molecule has 0 bridgehead atoms. The van der Waals surface area contributed by atoms with E-state index < -0.39 is 5.41 Å². The van der Waals surface area contributed by atoms with E-state index in [0.717, 1.165) is 62.6 Å². The molecule has 0 radical (unpaired) electrons. The van der Waals surface area contributed by atoms with Crippen molar-refractivity contribution in [3.63, 3.8) is 0 Å². The zero-order chi connectivity index (χ0) is 29.5. The molecule has 6 rings (SSSR count). The molecule has 1 aromatic rings.